The van der Waals surface area contributed by atoms with Crippen molar-refractivity contribution in [3.05, 3.63) is 28.0 Å². The molecule has 1 saturated carbocycles. The van der Waals surface area contributed by atoms with Crippen LogP contribution >= 0.6 is 15.9 Å². The van der Waals surface area contributed by atoms with Crippen LogP contribution < -0.4 is 10.5 Å². The summed E-state index contributed by atoms with van der Waals surface area (Å²) in [6.45, 7) is 0. The predicted molar refractivity (Wildman–Crippen MR) is 76.8 cm³/mol. The minimum absolute atomic E-state index is 0.0495. The van der Waals surface area contributed by atoms with Gasteiger partial charge in [-0.15, -0.1) is 0 Å². The Morgan fingerprint density at radius 1 is 1.48 bits per heavy atom. The fourth-order valence-corrected chi connectivity index (χ4v) is 3.80. The quantitative estimate of drug-likeness (QED) is 0.817. The smallest absolute Gasteiger partial charge is 0.252 e. The maximum absolute atomic E-state index is 13.5. The number of rotatable bonds is 4. The summed E-state index contributed by atoms with van der Waals surface area (Å²) in [6.07, 6.45) is 1.43. The Morgan fingerprint density at radius 3 is 2.62 bits per heavy atom. The van der Waals surface area contributed by atoms with Crippen LogP contribution in [0.3, 0.4) is 0 Å². The second kappa shape index (κ2) is 5.99. The normalized spacial score (nSPS) is 21.7. The van der Waals surface area contributed by atoms with Crippen molar-refractivity contribution in [1.29, 1.82) is 0 Å². The summed E-state index contributed by atoms with van der Waals surface area (Å²) < 4.78 is 41.3. The number of carbonyl (C=O) groups excluding carboxylic acids is 1. The largest absolute Gasteiger partial charge is 0.381 e. The molecule has 1 aromatic carbocycles. The summed E-state index contributed by atoms with van der Waals surface area (Å²) in [5.41, 5.74) is -0.111. The van der Waals surface area contributed by atoms with Crippen LogP contribution in [0.4, 0.5) is 4.39 Å². The van der Waals surface area contributed by atoms with Crippen LogP contribution in [-0.2, 0) is 14.8 Å². The second-order valence-corrected chi connectivity index (χ2v) is 7.13. The molecule has 0 radical (unpaired) electrons. The maximum atomic E-state index is 13.5. The molecule has 1 amide bonds. The lowest BCUT2D eigenvalue weighted by Crippen LogP contribution is -2.47. The fraction of sp³-hybridized carbons (Fsp3) is 0.417. The number of amides is 1. The highest BCUT2D eigenvalue weighted by Gasteiger charge is 2.31. The standard InChI is InChI=1S/C12H14BrFN2O4S/c1-20-8-4-7(5-8)16-12(17)9-2-6(14)3-10(11(9)13)21(15,18)19/h2-3,7-8H,4-5H2,1H3,(H,16,17)(H2,15,18,19). The molecule has 1 aliphatic rings. The van der Waals surface area contributed by atoms with E-state index in [4.69, 9.17) is 9.88 Å². The van der Waals surface area contributed by atoms with E-state index in [0.29, 0.717) is 12.8 Å². The molecule has 1 aromatic rings. The molecule has 0 spiro atoms. The van der Waals surface area contributed by atoms with Gasteiger partial charge in [0.05, 0.1) is 21.0 Å². The zero-order chi connectivity index (χ0) is 15.8. The Hall–Kier alpha value is -1.03. The van der Waals surface area contributed by atoms with Crippen LogP contribution in [0, 0.1) is 5.82 Å². The van der Waals surface area contributed by atoms with Gasteiger partial charge in [0, 0.05) is 13.2 Å². The SMILES string of the molecule is COC1CC(NC(=O)c2cc(F)cc(S(N)(=O)=O)c2Br)C1. The van der Waals surface area contributed by atoms with Crippen LogP contribution in [-0.4, -0.2) is 33.6 Å². The molecular weight excluding hydrogens is 367 g/mol. The molecule has 0 heterocycles. The number of benzene rings is 1. The minimum atomic E-state index is -4.13. The third kappa shape index (κ3) is 3.60. The number of ether oxygens (including phenoxy) is 1. The second-order valence-electron chi connectivity index (χ2n) is 4.81. The number of hydrogen-bond acceptors (Lipinski definition) is 4. The van der Waals surface area contributed by atoms with E-state index in [-0.39, 0.29) is 22.2 Å². The van der Waals surface area contributed by atoms with Gasteiger partial charge in [-0.1, -0.05) is 0 Å². The fourth-order valence-electron chi connectivity index (χ4n) is 2.08. The number of halogens is 2. The molecule has 0 unspecified atom stereocenters. The van der Waals surface area contributed by atoms with E-state index >= 15 is 0 Å². The van der Waals surface area contributed by atoms with Crippen molar-refractivity contribution in [3.8, 4) is 0 Å². The minimum Gasteiger partial charge on any atom is -0.381 e. The Labute approximate surface area is 130 Å². The van der Waals surface area contributed by atoms with Gasteiger partial charge in [0.1, 0.15) is 5.82 Å². The average molecular weight is 381 g/mol. The van der Waals surface area contributed by atoms with Crippen molar-refractivity contribution in [2.45, 2.75) is 29.9 Å². The first-order valence-electron chi connectivity index (χ1n) is 6.08. The first-order chi connectivity index (χ1) is 9.72. The Bertz CT molecular complexity index is 674. The molecule has 1 fully saturated rings. The molecule has 0 aliphatic heterocycles. The third-order valence-corrected chi connectivity index (χ3v) is 5.37. The lowest BCUT2D eigenvalue weighted by atomic mass is 9.89. The highest BCUT2D eigenvalue weighted by molar-refractivity contribution is 9.10. The average Bonchev–Trinajstić information content (AvgIpc) is 2.33. The Morgan fingerprint density at radius 2 is 2.10 bits per heavy atom. The van der Waals surface area contributed by atoms with Crippen molar-refractivity contribution >= 4 is 31.9 Å². The van der Waals surface area contributed by atoms with E-state index in [2.05, 4.69) is 21.2 Å². The summed E-state index contributed by atoms with van der Waals surface area (Å²) in [6, 6.07) is 1.65. The van der Waals surface area contributed by atoms with E-state index in [9.17, 15) is 17.6 Å². The van der Waals surface area contributed by atoms with E-state index in [0.717, 1.165) is 12.1 Å². The molecule has 2 rings (SSSR count). The van der Waals surface area contributed by atoms with Gasteiger partial charge in [-0.05, 0) is 40.9 Å². The molecular formula is C12H14BrFN2O4S. The molecule has 6 nitrogen and oxygen atoms in total. The molecule has 0 atom stereocenters. The third-order valence-electron chi connectivity index (χ3n) is 3.32. The van der Waals surface area contributed by atoms with Crippen molar-refractivity contribution in [2.24, 2.45) is 5.14 Å². The molecule has 116 valence electrons. The summed E-state index contributed by atoms with van der Waals surface area (Å²) in [7, 11) is -2.54. The summed E-state index contributed by atoms with van der Waals surface area (Å²) in [4.78, 5) is 11.6. The van der Waals surface area contributed by atoms with Gasteiger partial charge in [-0.3, -0.25) is 4.79 Å². The van der Waals surface area contributed by atoms with Crippen LogP contribution in [0.25, 0.3) is 0 Å². The lowest BCUT2D eigenvalue weighted by molar-refractivity contribution is 0.0176. The van der Waals surface area contributed by atoms with Gasteiger partial charge in [-0.25, -0.2) is 17.9 Å². The summed E-state index contributed by atoms with van der Waals surface area (Å²) >= 11 is 3.00. The molecule has 0 saturated heterocycles. The van der Waals surface area contributed by atoms with E-state index in [1.807, 2.05) is 0 Å². The van der Waals surface area contributed by atoms with Crippen molar-refractivity contribution in [2.75, 3.05) is 7.11 Å². The molecule has 9 heteroatoms. The van der Waals surface area contributed by atoms with Crippen molar-refractivity contribution in [3.63, 3.8) is 0 Å². The Balaban J connectivity index is 2.24. The number of hydrogen-bond donors (Lipinski definition) is 2. The van der Waals surface area contributed by atoms with Crippen LogP contribution in [0.15, 0.2) is 21.5 Å². The number of nitrogens with two attached hydrogens (primary N) is 1. The van der Waals surface area contributed by atoms with Gasteiger partial charge in [0.2, 0.25) is 10.0 Å². The van der Waals surface area contributed by atoms with E-state index in [1.165, 1.54) is 0 Å². The number of nitrogens with one attached hydrogen (secondary N) is 1. The highest BCUT2D eigenvalue weighted by Crippen LogP contribution is 2.28. The van der Waals surface area contributed by atoms with E-state index < -0.39 is 26.6 Å². The van der Waals surface area contributed by atoms with Crippen LogP contribution in [0.1, 0.15) is 23.2 Å². The molecule has 0 aromatic heterocycles. The van der Waals surface area contributed by atoms with Gasteiger partial charge >= 0.3 is 0 Å². The van der Waals surface area contributed by atoms with Gasteiger partial charge in [0.25, 0.3) is 5.91 Å². The van der Waals surface area contributed by atoms with E-state index in [1.54, 1.807) is 7.11 Å². The number of methoxy groups -OCH3 is 1. The zero-order valence-corrected chi connectivity index (χ0v) is 13.5. The zero-order valence-electron chi connectivity index (χ0n) is 11.1. The molecule has 0 bridgehead atoms. The molecule has 21 heavy (non-hydrogen) atoms. The number of sulfonamides is 1. The molecule has 1 aliphatic carbocycles. The lowest BCUT2D eigenvalue weighted by Gasteiger charge is -2.34. The van der Waals surface area contributed by atoms with Crippen molar-refractivity contribution < 1.29 is 22.3 Å². The van der Waals surface area contributed by atoms with Gasteiger partial charge < -0.3 is 10.1 Å². The predicted octanol–water partition coefficient (Wildman–Crippen LogP) is 1.14. The van der Waals surface area contributed by atoms with Crippen LogP contribution in [0.5, 0.6) is 0 Å². The first kappa shape index (κ1) is 16.3. The van der Waals surface area contributed by atoms with Gasteiger partial charge in [-0.2, -0.15) is 0 Å². The summed E-state index contributed by atoms with van der Waals surface area (Å²) in [5, 5.41) is 7.69. The number of carbonyl (C=O) groups is 1. The molecule has 3 N–H and O–H groups in total. The van der Waals surface area contributed by atoms with Crippen LogP contribution in [0.2, 0.25) is 0 Å². The van der Waals surface area contributed by atoms with Crippen molar-refractivity contribution in [1.82, 2.24) is 5.32 Å². The highest BCUT2D eigenvalue weighted by atomic mass is 79.9. The topological polar surface area (TPSA) is 98.5 Å². The Kier molecular flexibility index (Phi) is 4.66. The first-order valence-corrected chi connectivity index (χ1v) is 8.41. The monoisotopic (exact) mass is 380 g/mol. The van der Waals surface area contributed by atoms with Gasteiger partial charge in [0.15, 0.2) is 0 Å². The summed E-state index contributed by atoms with van der Waals surface area (Å²) in [5.74, 6) is -1.42. The number of primary sulfonamides is 1. The maximum Gasteiger partial charge on any atom is 0.252 e.